The maximum absolute atomic E-state index is 13.7. The molecule has 2 heterocycles. The number of nitrogens with zero attached hydrogens (tertiary/aromatic N) is 3. The Hall–Kier alpha value is -3.38. The third-order valence-electron chi connectivity index (χ3n) is 7.04. The van der Waals surface area contributed by atoms with Crippen LogP contribution in [0.2, 0.25) is 0 Å². The van der Waals surface area contributed by atoms with E-state index in [0.29, 0.717) is 30.3 Å². The average molecular weight is 457 g/mol. The second-order valence-corrected chi connectivity index (χ2v) is 9.61. The number of benzene rings is 2. The number of hydrogen-bond acceptors (Lipinski definition) is 3. The van der Waals surface area contributed by atoms with Crippen molar-refractivity contribution in [2.24, 2.45) is 0 Å². The number of anilines is 1. The molecule has 1 aliphatic carbocycles. The zero-order valence-electron chi connectivity index (χ0n) is 20.0. The summed E-state index contributed by atoms with van der Waals surface area (Å²) in [5, 5.41) is 1.64. The lowest BCUT2D eigenvalue weighted by Crippen LogP contribution is -2.37. The fraction of sp³-hybridized carbons (Fsp3) is 0.357. The molecule has 1 aromatic heterocycles. The molecule has 3 aromatic rings. The van der Waals surface area contributed by atoms with Crippen molar-refractivity contribution in [1.29, 1.82) is 0 Å². The highest BCUT2D eigenvalue weighted by Crippen LogP contribution is 2.34. The summed E-state index contributed by atoms with van der Waals surface area (Å²) in [5.74, 6) is 0.440. The Morgan fingerprint density at radius 3 is 2.35 bits per heavy atom. The van der Waals surface area contributed by atoms with Crippen molar-refractivity contribution in [3.8, 4) is 0 Å². The largest absolute Gasteiger partial charge is 0.334 e. The van der Waals surface area contributed by atoms with Crippen molar-refractivity contribution >= 4 is 17.5 Å². The summed E-state index contributed by atoms with van der Waals surface area (Å²) in [5.41, 5.74) is 8.30. The Morgan fingerprint density at radius 2 is 1.62 bits per heavy atom. The molecule has 1 aliphatic heterocycles. The summed E-state index contributed by atoms with van der Waals surface area (Å²) in [7, 11) is 3.58. The number of rotatable bonds is 4. The van der Waals surface area contributed by atoms with Gasteiger partial charge in [0.15, 0.2) is 0 Å². The zero-order chi connectivity index (χ0) is 23.7. The van der Waals surface area contributed by atoms with Gasteiger partial charge in [-0.3, -0.25) is 15.0 Å². The van der Waals surface area contributed by atoms with Crippen LogP contribution in [0.25, 0.3) is 0 Å². The van der Waals surface area contributed by atoms with E-state index < -0.39 is 0 Å². The molecule has 176 valence electrons. The molecule has 2 amide bonds. The minimum Gasteiger partial charge on any atom is -0.334 e. The van der Waals surface area contributed by atoms with E-state index in [2.05, 4.69) is 17.6 Å². The highest BCUT2D eigenvalue weighted by atomic mass is 16.2. The van der Waals surface area contributed by atoms with Gasteiger partial charge in [-0.1, -0.05) is 49.6 Å². The molecule has 1 saturated carbocycles. The fourth-order valence-corrected chi connectivity index (χ4v) is 5.29. The maximum Gasteiger partial charge on any atom is 0.282 e. The Bertz CT molecular complexity index is 1190. The molecular formula is C28H32N4O2. The molecule has 34 heavy (non-hydrogen) atoms. The smallest absolute Gasteiger partial charge is 0.282 e. The van der Waals surface area contributed by atoms with Crippen molar-refractivity contribution in [3.63, 3.8) is 0 Å². The fourth-order valence-electron chi connectivity index (χ4n) is 5.29. The van der Waals surface area contributed by atoms with Crippen LogP contribution in [-0.2, 0) is 13.1 Å². The molecule has 0 radical (unpaired) electrons. The lowest BCUT2D eigenvalue weighted by Gasteiger charge is -2.24. The van der Waals surface area contributed by atoms with Gasteiger partial charge in [-0.25, -0.2) is 5.01 Å². The quantitative estimate of drug-likeness (QED) is 0.565. The molecule has 5 rings (SSSR count). The van der Waals surface area contributed by atoms with Gasteiger partial charge in [0.25, 0.3) is 11.8 Å². The summed E-state index contributed by atoms with van der Waals surface area (Å²) >= 11 is 0. The molecule has 0 spiro atoms. The van der Waals surface area contributed by atoms with Gasteiger partial charge in [-0.05, 0) is 60.2 Å². The third-order valence-corrected chi connectivity index (χ3v) is 7.04. The van der Waals surface area contributed by atoms with E-state index in [-0.39, 0.29) is 11.8 Å². The second-order valence-electron chi connectivity index (χ2n) is 9.61. The van der Waals surface area contributed by atoms with Gasteiger partial charge in [0, 0.05) is 31.0 Å². The first kappa shape index (κ1) is 22.4. The van der Waals surface area contributed by atoms with Gasteiger partial charge in [-0.15, -0.1) is 0 Å². The summed E-state index contributed by atoms with van der Waals surface area (Å²) in [6, 6.07) is 20.0. The van der Waals surface area contributed by atoms with Gasteiger partial charge in [0.1, 0.15) is 5.69 Å². The molecule has 2 aromatic carbocycles. The average Bonchev–Trinajstić information content (AvgIpc) is 3.17. The maximum atomic E-state index is 13.7. The number of carbonyl (C=O) groups is 2. The number of hydrazine groups is 1. The lowest BCUT2D eigenvalue weighted by atomic mass is 9.84. The molecule has 0 saturated heterocycles. The molecule has 0 unspecified atom stereocenters. The monoisotopic (exact) mass is 456 g/mol. The standard InChI is InChI=1S/C28H32N4O2/c1-30(2)29-27(33)26-17-16-24-19-32(25-11-7-6-10-23(25)18-31(24)26)28(34)22-14-12-21(13-15-22)20-8-4-3-5-9-20/h6-7,10-17,20H,3-5,8-9,18-19H2,1-2H3,(H,29,33). The minimum atomic E-state index is -0.160. The SMILES string of the molecule is CN(C)NC(=O)c1ccc2n1Cc1ccccc1N(C(=O)c1ccc(C3CCCCC3)cc1)C2. The number of para-hydroxylation sites is 1. The predicted molar refractivity (Wildman–Crippen MR) is 134 cm³/mol. The summed E-state index contributed by atoms with van der Waals surface area (Å²) < 4.78 is 2.01. The molecule has 0 bridgehead atoms. The van der Waals surface area contributed by atoms with Crippen LogP contribution in [0.1, 0.15) is 75.7 Å². The van der Waals surface area contributed by atoms with Gasteiger partial charge >= 0.3 is 0 Å². The number of nitrogens with one attached hydrogen (secondary N) is 1. The van der Waals surface area contributed by atoms with E-state index in [0.717, 1.165) is 16.9 Å². The van der Waals surface area contributed by atoms with Crippen LogP contribution >= 0.6 is 0 Å². The van der Waals surface area contributed by atoms with Gasteiger partial charge in [-0.2, -0.15) is 0 Å². The predicted octanol–water partition coefficient (Wildman–Crippen LogP) is 4.95. The summed E-state index contributed by atoms with van der Waals surface area (Å²) in [6.45, 7) is 0.953. The first-order valence-corrected chi connectivity index (χ1v) is 12.2. The van der Waals surface area contributed by atoms with Gasteiger partial charge < -0.3 is 9.47 Å². The molecule has 2 aliphatic rings. The van der Waals surface area contributed by atoms with E-state index in [1.165, 1.54) is 37.7 Å². The Kier molecular flexibility index (Phi) is 6.24. The van der Waals surface area contributed by atoms with Crippen LogP contribution in [0.15, 0.2) is 60.7 Å². The zero-order valence-corrected chi connectivity index (χ0v) is 20.0. The van der Waals surface area contributed by atoms with Crippen LogP contribution in [0.3, 0.4) is 0 Å². The molecule has 1 fully saturated rings. The Labute approximate surface area is 201 Å². The first-order chi connectivity index (χ1) is 16.5. The number of fused-ring (bicyclic) bond motifs is 2. The van der Waals surface area contributed by atoms with Gasteiger partial charge in [0.2, 0.25) is 0 Å². The van der Waals surface area contributed by atoms with Crippen molar-refractivity contribution in [2.75, 3.05) is 19.0 Å². The van der Waals surface area contributed by atoms with Crippen molar-refractivity contribution < 1.29 is 9.59 Å². The molecule has 1 N–H and O–H groups in total. The van der Waals surface area contributed by atoms with Crippen LogP contribution in [0.5, 0.6) is 0 Å². The van der Waals surface area contributed by atoms with E-state index in [1.54, 1.807) is 19.1 Å². The van der Waals surface area contributed by atoms with Crippen LogP contribution in [-0.4, -0.2) is 35.5 Å². The Balaban J connectivity index is 1.45. The van der Waals surface area contributed by atoms with Crippen molar-refractivity contribution in [3.05, 3.63) is 88.7 Å². The topological polar surface area (TPSA) is 57.6 Å². The third kappa shape index (κ3) is 4.38. The minimum absolute atomic E-state index is 0.0170. The van der Waals surface area contributed by atoms with Crippen LogP contribution < -0.4 is 10.3 Å². The first-order valence-electron chi connectivity index (χ1n) is 12.2. The van der Waals surface area contributed by atoms with Gasteiger partial charge in [0.05, 0.1) is 13.1 Å². The van der Waals surface area contributed by atoms with Crippen molar-refractivity contribution in [2.45, 2.75) is 51.1 Å². The molecule has 6 heteroatoms. The highest BCUT2D eigenvalue weighted by molar-refractivity contribution is 6.06. The van der Waals surface area contributed by atoms with E-state index in [1.807, 2.05) is 58.0 Å². The number of aromatic nitrogens is 1. The molecular weight excluding hydrogens is 424 g/mol. The van der Waals surface area contributed by atoms with Crippen LogP contribution in [0, 0.1) is 0 Å². The number of carbonyl (C=O) groups excluding carboxylic acids is 2. The van der Waals surface area contributed by atoms with Crippen molar-refractivity contribution in [1.82, 2.24) is 15.0 Å². The van der Waals surface area contributed by atoms with E-state index in [9.17, 15) is 9.59 Å². The molecule has 6 nitrogen and oxygen atoms in total. The van der Waals surface area contributed by atoms with E-state index in [4.69, 9.17) is 0 Å². The molecule has 0 atom stereocenters. The van der Waals surface area contributed by atoms with Crippen LogP contribution in [0.4, 0.5) is 5.69 Å². The highest BCUT2D eigenvalue weighted by Gasteiger charge is 2.27. The normalized spacial score (nSPS) is 16.0. The number of hydrogen-bond donors (Lipinski definition) is 1. The Morgan fingerprint density at radius 1 is 0.882 bits per heavy atom. The summed E-state index contributed by atoms with van der Waals surface area (Å²) in [4.78, 5) is 28.3. The second kappa shape index (κ2) is 9.47. The number of amides is 2. The lowest BCUT2D eigenvalue weighted by molar-refractivity contribution is 0.0847. The summed E-state index contributed by atoms with van der Waals surface area (Å²) in [6.07, 6.45) is 6.41. The van der Waals surface area contributed by atoms with E-state index >= 15 is 0 Å².